The molecule has 0 atom stereocenters. The van der Waals surface area contributed by atoms with Crippen molar-refractivity contribution in [1.29, 1.82) is 0 Å². The fourth-order valence-corrected chi connectivity index (χ4v) is 4.75. The molecule has 2 aromatic heterocycles. The van der Waals surface area contributed by atoms with Crippen molar-refractivity contribution in [2.45, 2.75) is 0 Å². The largest absolute Gasteiger partial charge is 0.361 e. The number of fused-ring (bicyclic) bond motifs is 1. The van der Waals surface area contributed by atoms with E-state index in [0.717, 1.165) is 37.9 Å². The third-order valence-corrected chi connectivity index (χ3v) is 6.66. The molecule has 168 valence electrons. The lowest BCUT2D eigenvalue weighted by Gasteiger charge is -2.04. The number of aromatic nitrogens is 2. The molecule has 3 aromatic carbocycles. The second-order valence-corrected chi connectivity index (χ2v) is 9.47. The Hall–Kier alpha value is -3.53. The van der Waals surface area contributed by atoms with Crippen LogP contribution in [0.4, 0.5) is 11.4 Å². The van der Waals surface area contributed by atoms with Crippen LogP contribution >= 0.6 is 38.9 Å². The maximum absolute atomic E-state index is 11.1. The van der Waals surface area contributed by atoms with E-state index in [0.29, 0.717) is 9.82 Å². The van der Waals surface area contributed by atoms with Crippen LogP contribution in [-0.2, 0) is 0 Å². The predicted molar refractivity (Wildman–Crippen MR) is 140 cm³/mol. The van der Waals surface area contributed by atoms with Crippen molar-refractivity contribution in [2.24, 2.45) is 10.1 Å². The van der Waals surface area contributed by atoms with Crippen LogP contribution in [0.3, 0.4) is 0 Å². The smallest absolute Gasteiger partial charge is 0.269 e. The number of aromatic amines is 1. The number of thiazole rings is 1. The Labute approximate surface area is 211 Å². The Kier molecular flexibility index (Phi) is 6.14. The number of nitrogens with one attached hydrogen (secondary N) is 1. The van der Waals surface area contributed by atoms with E-state index >= 15 is 0 Å². The fraction of sp³-hybridized carbons (Fsp3) is 0. The summed E-state index contributed by atoms with van der Waals surface area (Å²) < 4.78 is 2.71. The number of benzene rings is 3. The zero-order chi connectivity index (χ0) is 23.7. The van der Waals surface area contributed by atoms with Gasteiger partial charge in [-0.2, -0.15) is 5.10 Å². The van der Waals surface area contributed by atoms with Crippen LogP contribution in [0.25, 0.3) is 22.2 Å². The first-order valence-corrected chi connectivity index (χ1v) is 12.1. The maximum atomic E-state index is 11.1. The minimum atomic E-state index is -0.417. The molecule has 2 heterocycles. The van der Waals surface area contributed by atoms with Gasteiger partial charge in [-0.1, -0.05) is 27.5 Å². The van der Waals surface area contributed by atoms with Gasteiger partial charge in [0, 0.05) is 55.2 Å². The number of nitro benzene ring substituents is 1. The number of hydrogen-bond donors (Lipinski definition) is 1. The molecule has 7 nitrogen and oxygen atoms in total. The Balaban J connectivity index is 1.63. The predicted octanol–water partition coefficient (Wildman–Crippen LogP) is 7.14. The number of non-ortho nitro benzene ring substituents is 1. The highest BCUT2D eigenvalue weighted by atomic mass is 79.9. The maximum Gasteiger partial charge on any atom is 0.269 e. The summed E-state index contributed by atoms with van der Waals surface area (Å²) in [6.07, 6.45) is 3.67. The van der Waals surface area contributed by atoms with Gasteiger partial charge in [0.1, 0.15) is 0 Å². The van der Waals surface area contributed by atoms with E-state index in [1.165, 1.54) is 23.5 Å². The minimum Gasteiger partial charge on any atom is -0.361 e. The summed E-state index contributed by atoms with van der Waals surface area (Å²) in [6, 6.07) is 19.6. The van der Waals surface area contributed by atoms with Gasteiger partial charge >= 0.3 is 0 Å². The number of nitrogens with zero attached hydrogens (tertiary/aromatic N) is 4. The minimum absolute atomic E-state index is 0.0319. The van der Waals surface area contributed by atoms with Crippen molar-refractivity contribution in [3.63, 3.8) is 0 Å². The van der Waals surface area contributed by atoms with Crippen LogP contribution in [-0.4, -0.2) is 20.8 Å². The van der Waals surface area contributed by atoms with Gasteiger partial charge in [0.25, 0.3) is 5.69 Å². The molecule has 0 spiro atoms. The Morgan fingerprint density at radius 1 is 1.09 bits per heavy atom. The van der Waals surface area contributed by atoms with Crippen LogP contribution < -0.4 is 4.80 Å². The molecule has 34 heavy (non-hydrogen) atoms. The summed E-state index contributed by atoms with van der Waals surface area (Å²) in [5, 5.41) is 19.4. The molecule has 10 heteroatoms. The molecule has 0 aliphatic carbocycles. The normalized spacial score (nSPS) is 12.1. The molecule has 5 rings (SSSR count). The molecular weight excluding hydrogens is 538 g/mol. The van der Waals surface area contributed by atoms with E-state index in [2.05, 4.69) is 20.9 Å². The highest BCUT2D eigenvalue weighted by molar-refractivity contribution is 9.10. The fourth-order valence-electron chi connectivity index (χ4n) is 3.41. The molecule has 0 aliphatic heterocycles. The quantitative estimate of drug-likeness (QED) is 0.143. The van der Waals surface area contributed by atoms with E-state index in [1.54, 1.807) is 35.2 Å². The van der Waals surface area contributed by atoms with Gasteiger partial charge < -0.3 is 4.98 Å². The van der Waals surface area contributed by atoms with Crippen molar-refractivity contribution < 1.29 is 4.92 Å². The lowest BCUT2D eigenvalue weighted by Crippen LogP contribution is -2.11. The number of H-pyrrole nitrogens is 1. The number of nitro groups is 1. The van der Waals surface area contributed by atoms with Gasteiger partial charge in [0.15, 0.2) is 0 Å². The zero-order valence-corrected chi connectivity index (χ0v) is 20.5. The summed E-state index contributed by atoms with van der Waals surface area (Å²) in [6.45, 7) is 0. The third-order valence-electron chi connectivity index (χ3n) is 5.10. The molecule has 0 aliphatic rings. The molecular formula is C24H15BrClN5O2S. The molecule has 5 aromatic rings. The topological polar surface area (TPSA) is 88.6 Å². The summed E-state index contributed by atoms with van der Waals surface area (Å²) >= 11 is 11.0. The lowest BCUT2D eigenvalue weighted by atomic mass is 10.1. The number of halogens is 2. The highest BCUT2D eigenvalue weighted by Gasteiger charge is 2.11. The Bertz CT molecular complexity index is 1600. The van der Waals surface area contributed by atoms with E-state index in [1.807, 2.05) is 41.9 Å². The van der Waals surface area contributed by atoms with E-state index in [9.17, 15) is 10.1 Å². The molecule has 0 unspecified atom stereocenters. The first kappa shape index (κ1) is 22.3. The van der Waals surface area contributed by atoms with E-state index < -0.39 is 4.92 Å². The molecule has 0 saturated heterocycles. The Morgan fingerprint density at radius 3 is 2.59 bits per heavy atom. The van der Waals surface area contributed by atoms with E-state index in [-0.39, 0.29) is 5.69 Å². The average molecular weight is 553 g/mol. The van der Waals surface area contributed by atoms with Gasteiger partial charge in [-0.3, -0.25) is 10.1 Å². The highest BCUT2D eigenvalue weighted by Crippen LogP contribution is 2.25. The second kappa shape index (κ2) is 9.38. The van der Waals surface area contributed by atoms with Gasteiger partial charge in [0.05, 0.1) is 22.5 Å². The molecule has 0 bridgehead atoms. The van der Waals surface area contributed by atoms with Crippen LogP contribution in [0.15, 0.2) is 92.9 Å². The van der Waals surface area contributed by atoms with E-state index in [4.69, 9.17) is 21.7 Å². The summed E-state index contributed by atoms with van der Waals surface area (Å²) in [5.74, 6) is 0. The van der Waals surface area contributed by atoms with Gasteiger partial charge in [-0.15, -0.1) is 11.3 Å². The monoisotopic (exact) mass is 551 g/mol. The second-order valence-electron chi connectivity index (χ2n) is 7.29. The molecule has 0 amide bonds. The van der Waals surface area contributed by atoms with Crippen molar-refractivity contribution >= 4 is 67.4 Å². The first-order chi connectivity index (χ1) is 16.5. The summed E-state index contributed by atoms with van der Waals surface area (Å²) in [4.78, 5) is 19.3. The third kappa shape index (κ3) is 4.58. The van der Waals surface area contributed by atoms with Crippen molar-refractivity contribution in [1.82, 2.24) is 9.66 Å². The molecule has 1 N–H and O–H groups in total. The van der Waals surface area contributed by atoms with Crippen molar-refractivity contribution in [3.8, 4) is 11.3 Å². The summed E-state index contributed by atoms with van der Waals surface area (Å²) in [7, 11) is 0. The summed E-state index contributed by atoms with van der Waals surface area (Å²) in [5.41, 5.74) is 4.25. The van der Waals surface area contributed by atoms with Crippen molar-refractivity contribution in [2.75, 3.05) is 0 Å². The lowest BCUT2D eigenvalue weighted by molar-refractivity contribution is -0.384. The first-order valence-electron chi connectivity index (χ1n) is 10.0. The Morgan fingerprint density at radius 2 is 1.85 bits per heavy atom. The van der Waals surface area contributed by atoms with Crippen LogP contribution in [0.2, 0.25) is 5.02 Å². The average Bonchev–Trinajstić information content (AvgIpc) is 3.42. The van der Waals surface area contributed by atoms with Gasteiger partial charge in [-0.25, -0.2) is 9.67 Å². The SMILES string of the molecule is O=[N+]([O-])c1ccc(-c2csc(=Nc3ccc(Cl)cc3)n2N=Cc2c[nH]c3ccc(Br)cc23)cc1. The van der Waals surface area contributed by atoms with Crippen LogP contribution in [0.1, 0.15) is 5.56 Å². The molecule has 0 saturated carbocycles. The van der Waals surface area contributed by atoms with Crippen LogP contribution in [0, 0.1) is 10.1 Å². The number of rotatable bonds is 5. The van der Waals surface area contributed by atoms with Crippen LogP contribution in [0.5, 0.6) is 0 Å². The molecule has 0 fully saturated rings. The molecule has 0 radical (unpaired) electrons. The number of hydrogen-bond acceptors (Lipinski definition) is 5. The standard InChI is InChI=1S/C24H15BrClN5O2S/c25-17-3-10-22-21(11-17)16(12-27-22)13-28-30-23(15-1-8-20(9-2-15)31(32)33)14-34-24(30)29-19-6-4-18(26)5-7-19/h1-14,27H. The van der Waals surface area contributed by atoms with Gasteiger partial charge in [-0.05, 0) is 54.6 Å². The van der Waals surface area contributed by atoms with Gasteiger partial charge in [0.2, 0.25) is 4.80 Å². The van der Waals surface area contributed by atoms with Crippen molar-refractivity contribution in [3.05, 3.63) is 108 Å². The zero-order valence-electron chi connectivity index (χ0n) is 17.4.